The predicted octanol–water partition coefficient (Wildman–Crippen LogP) is 2.00. The fourth-order valence-electron chi connectivity index (χ4n) is 1.24. The molecule has 0 aliphatic heterocycles. The van der Waals surface area contributed by atoms with Crippen LogP contribution in [0.1, 0.15) is 11.3 Å². The van der Waals surface area contributed by atoms with Crippen molar-refractivity contribution in [2.24, 2.45) is 0 Å². The summed E-state index contributed by atoms with van der Waals surface area (Å²) in [6.07, 6.45) is 0. The van der Waals surface area contributed by atoms with Gasteiger partial charge in [-0.3, -0.25) is 0 Å². The minimum absolute atomic E-state index is 0.126. The molecule has 0 saturated heterocycles. The summed E-state index contributed by atoms with van der Waals surface area (Å²) in [5.41, 5.74) is 9.25. The van der Waals surface area contributed by atoms with Crippen molar-refractivity contribution >= 4 is 5.88 Å². The molecule has 0 atom stereocenters. The number of hydrogen-bond donors (Lipinski definition) is 0. The van der Waals surface area contributed by atoms with Crippen LogP contribution in [0.25, 0.3) is 5.73 Å². The van der Waals surface area contributed by atoms with E-state index in [1.54, 1.807) is 4.68 Å². The van der Waals surface area contributed by atoms with Gasteiger partial charge in [0.1, 0.15) is 5.88 Å². The Morgan fingerprint density at radius 1 is 1.36 bits per heavy atom. The number of rotatable bonds is 2. The van der Waals surface area contributed by atoms with Crippen molar-refractivity contribution in [2.75, 3.05) is 0 Å². The number of hydrogen-bond acceptors (Lipinski definition) is 2. The molecule has 0 bridgehead atoms. The van der Waals surface area contributed by atoms with E-state index >= 15 is 0 Å². The van der Waals surface area contributed by atoms with Crippen molar-refractivity contribution in [3.63, 3.8) is 0 Å². The molecule has 0 saturated carbocycles. The molecule has 0 unspecified atom stereocenters. The van der Waals surface area contributed by atoms with Crippen LogP contribution in [-0.2, 0) is 6.54 Å². The maximum absolute atomic E-state index is 7.36. The van der Waals surface area contributed by atoms with Gasteiger partial charge in [0.15, 0.2) is 5.27 Å². The van der Waals surface area contributed by atoms with Crippen molar-refractivity contribution in [3.8, 4) is 0 Å². The van der Waals surface area contributed by atoms with E-state index in [0.29, 0.717) is 6.54 Å². The molecule has 4 heteroatoms. The van der Waals surface area contributed by atoms with Crippen LogP contribution in [0, 0.1) is 6.92 Å². The van der Waals surface area contributed by atoms with E-state index in [0.717, 1.165) is 11.3 Å². The minimum atomic E-state index is 0.126. The fourth-order valence-corrected chi connectivity index (χ4v) is 1.24. The molecule has 0 radical (unpaired) electrons. The zero-order valence-corrected chi connectivity index (χ0v) is 7.90. The van der Waals surface area contributed by atoms with E-state index in [-0.39, 0.29) is 5.88 Å². The molecule has 2 rings (SSSR count). The highest BCUT2D eigenvalue weighted by Gasteiger charge is 2.13. The molecule has 1 N–H and O–H groups in total. The van der Waals surface area contributed by atoms with Crippen LogP contribution >= 0.6 is 0 Å². The van der Waals surface area contributed by atoms with Crippen LogP contribution in [0.5, 0.6) is 0 Å². The van der Waals surface area contributed by atoms with Crippen LogP contribution in [0.4, 0.5) is 5.88 Å². The number of benzene rings is 1. The third-order valence-electron chi connectivity index (χ3n) is 2.12. The summed E-state index contributed by atoms with van der Waals surface area (Å²) >= 11 is 0. The molecule has 72 valence electrons. The average molecular weight is 189 g/mol. The molecular formula is C10H11N3O. The molecule has 1 aromatic carbocycles. The lowest BCUT2D eigenvalue weighted by Gasteiger charge is -1.93. The highest BCUT2D eigenvalue weighted by atomic mass is 16.5. The number of aromatic nitrogens is 2. The average Bonchev–Trinajstić information content (AvgIpc) is 2.52. The van der Waals surface area contributed by atoms with Gasteiger partial charge in [0.05, 0.1) is 0 Å². The van der Waals surface area contributed by atoms with E-state index in [4.69, 9.17) is 10.3 Å². The maximum Gasteiger partial charge on any atom is 0.231 e. The van der Waals surface area contributed by atoms with Gasteiger partial charge in [-0.25, -0.2) is 0 Å². The normalized spacial score (nSPS) is 10.4. The summed E-state index contributed by atoms with van der Waals surface area (Å²) in [7, 11) is 0. The van der Waals surface area contributed by atoms with Crippen molar-refractivity contribution in [2.45, 2.75) is 13.5 Å². The molecule has 0 aliphatic rings. The molecule has 2 aromatic rings. The largest absolute Gasteiger partial charge is 0.660 e. The van der Waals surface area contributed by atoms with Crippen LogP contribution in [0.2, 0.25) is 0 Å². The Kier molecular flexibility index (Phi) is 2.18. The summed E-state index contributed by atoms with van der Waals surface area (Å²) < 4.78 is 6.43. The third-order valence-corrected chi connectivity index (χ3v) is 2.12. The van der Waals surface area contributed by atoms with Crippen molar-refractivity contribution in [1.82, 2.24) is 5.27 Å². The van der Waals surface area contributed by atoms with Gasteiger partial charge in [0.25, 0.3) is 0 Å². The molecule has 0 spiro atoms. The molecule has 14 heavy (non-hydrogen) atoms. The Labute approximate surface area is 81.9 Å². The van der Waals surface area contributed by atoms with E-state index in [9.17, 15) is 0 Å². The topological polar surface area (TPSA) is 53.7 Å². The van der Waals surface area contributed by atoms with Crippen molar-refractivity contribution < 1.29 is 9.20 Å². The van der Waals surface area contributed by atoms with E-state index < -0.39 is 0 Å². The first-order valence-electron chi connectivity index (χ1n) is 4.39. The molecule has 1 aromatic heterocycles. The van der Waals surface area contributed by atoms with E-state index in [1.807, 2.05) is 37.3 Å². The Morgan fingerprint density at radius 2 is 2.07 bits per heavy atom. The predicted molar refractivity (Wildman–Crippen MR) is 51.0 cm³/mol. The van der Waals surface area contributed by atoms with Crippen molar-refractivity contribution in [3.05, 3.63) is 47.3 Å². The first-order valence-corrected chi connectivity index (χ1v) is 4.39. The molecule has 4 nitrogen and oxygen atoms in total. The molecule has 0 fully saturated rings. The molecular weight excluding hydrogens is 178 g/mol. The Bertz CT molecular complexity index is 422. The fraction of sp³-hybridized carbons (Fsp3) is 0.200. The first-order chi connectivity index (χ1) is 6.77. The number of nitrogens with zero attached hydrogens (tertiary/aromatic N) is 2. The Balaban J connectivity index is 2.23. The zero-order valence-electron chi connectivity index (χ0n) is 7.90. The third kappa shape index (κ3) is 1.59. The SMILES string of the molecule is Cc1c([NH-])on[n+]1Cc1ccccc1. The van der Waals surface area contributed by atoms with Crippen LogP contribution in [-0.4, -0.2) is 5.27 Å². The number of nitrogens with one attached hydrogen (secondary N) is 1. The van der Waals surface area contributed by atoms with Gasteiger partial charge in [-0.15, -0.1) is 0 Å². The molecule has 0 aliphatic carbocycles. The van der Waals surface area contributed by atoms with Crippen molar-refractivity contribution in [1.29, 1.82) is 0 Å². The second-order valence-corrected chi connectivity index (χ2v) is 3.13. The zero-order chi connectivity index (χ0) is 9.97. The quantitative estimate of drug-likeness (QED) is 0.678. The smallest absolute Gasteiger partial charge is 0.231 e. The van der Waals surface area contributed by atoms with E-state index in [1.165, 1.54) is 0 Å². The monoisotopic (exact) mass is 189 g/mol. The summed E-state index contributed by atoms with van der Waals surface area (Å²) in [5, 5.41) is 3.76. The standard InChI is InChI=1S/C10H11N3O/c1-8-10(11)14-12-13(8)7-9-5-3-2-4-6-9/h2-6,11H,7H2,1H3. The second kappa shape index (κ2) is 3.49. The van der Waals surface area contributed by atoms with Gasteiger partial charge in [-0.2, -0.15) is 0 Å². The van der Waals surface area contributed by atoms with Gasteiger partial charge in [-0.05, 0) is 4.68 Å². The van der Waals surface area contributed by atoms with Gasteiger partial charge >= 0.3 is 0 Å². The summed E-state index contributed by atoms with van der Waals surface area (Å²) in [6.45, 7) is 2.47. The summed E-state index contributed by atoms with van der Waals surface area (Å²) in [4.78, 5) is 0. The van der Waals surface area contributed by atoms with Gasteiger partial charge in [0, 0.05) is 12.5 Å². The summed E-state index contributed by atoms with van der Waals surface area (Å²) in [6, 6.07) is 9.97. The van der Waals surface area contributed by atoms with Crippen LogP contribution in [0.15, 0.2) is 34.9 Å². The van der Waals surface area contributed by atoms with Gasteiger partial charge in [-0.1, -0.05) is 30.3 Å². The Hall–Kier alpha value is -1.84. The highest BCUT2D eigenvalue weighted by molar-refractivity contribution is 5.29. The lowest BCUT2D eigenvalue weighted by Crippen LogP contribution is -2.38. The maximum atomic E-state index is 7.36. The van der Waals surface area contributed by atoms with Gasteiger partial charge in [0.2, 0.25) is 12.2 Å². The molecule has 1 heterocycles. The second-order valence-electron chi connectivity index (χ2n) is 3.13. The molecule has 0 amide bonds. The van der Waals surface area contributed by atoms with Gasteiger partial charge < -0.3 is 10.3 Å². The Morgan fingerprint density at radius 3 is 2.64 bits per heavy atom. The minimum Gasteiger partial charge on any atom is -0.660 e. The summed E-state index contributed by atoms with van der Waals surface area (Å²) in [5.74, 6) is 0.126. The van der Waals surface area contributed by atoms with Crippen LogP contribution in [0.3, 0.4) is 0 Å². The highest BCUT2D eigenvalue weighted by Crippen LogP contribution is 2.10. The lowest BCUT2D eigenvalue weighted by molar-refractivity contribution is -0.759. The van der Waals surface area contributed by atoms with E-state index in [2.05, 4.69) is 5.27 Å². The van der Waals surface area contributed by atoms with Crippen LogP contribution < -0.4 is 4.68 Å². The first kappa shape index (κ1) is 8.74. The lowest BCUT2D eigenvalue weighted by atomic mass is 10.2.